The molecule has 0 unspecified atom stereocenters. The monoisotopic (exact) mass is 276 g/mol. The third-order valence-electron chi connectivity index (χ3n) is 3.11. The molecule has 0 aliphatic carbocycles. The molecule has 1 aromatic carbocycles. The van der Waals surface area contributed by atoms with Crippen molar-refractivity contribution in [1.29, 1.82) is 0 Å². The van der Waals surface area contributed by atoms with Gasteiger partial charge in [0, 0.05) is 31.7 Å². The van der Waals surface area contributed by atoms with Gasteiger partial charge in [-0.05, 0) is 26.6 Å². The van der Waals surface area contributed by atoms with Gasteiger partial charge in [-0.3, -0.25) is 4.99 Å². The fraction of sp³-hybridized carbons (Fsp3) is 0.533. The summed E-state index contributed by atoms with van der Waals surface area (Å²) in [5, 5.41) is 6.58. The smallest absolute Gasteiger partial charge is 0.191 e. The van der Waals surface area contributed by atoms with Gasteiger partial charge < -0.3 is 20.3 Å². The highest BCUT2D eigenvalue weighted by Crippen LogP contribution is 2.17. The molecule has 0 radical (unpaired) electrons. The molecule has 110 valence electrons. The lowest BCUT2D eigenvalue weighted by Gasteiger charge is -2.18. The average molecular weight is 276 g/mol. The predicted octanol–water partition coefficient (Wildman–Crippen LogP) is 1.07. The third kappa shape index (κ3) is 4.74. The maximum Gasteiger partial charge on any atom is 0.191 e. The number of rotatable bonds is 6. The first-order valence-electron chi connectivity index (χ1n) is 7.13. The van der Waals surface area contributed by atoms with Crippen molar-refractivity contribution in [2.24, 2.45) is 4.99 Å². The molecule has 2 N–H and O–H groups in total. The number of benzene rings is 1. The van der Waals surface area contributed by atoms with Crippen molar-refractivity contribution in [3.8, 4) is 5.75 Å². The van der Waals surface area contributed by atoms with Crippen molar-refractivity contribution in [3.63, 3.8) is 0 Å². The Bertz CT molecular complexity index is 445. The number of likely N-dealkylation sites (N-methyl/N-ethyl adjacent to an activating group) is 1. The maximum atomic E-state index is 5.85. The Hall–Kier alpha value is -1.75. The Balaban J connectivity index is 1.88. The van der Waals surface area contributed by atoms with Gasteiger partial charge in [0.25, 0.3) is 0 Å². The van der Waals surface area contributed by atoms with Crippen LogP contribution < -0.4 is 15.4 Å². The van der Waals surface area contributed by atoms with Gasteiger partial charge in [-0.15, -0.1) is 0 Å². The SMILES string of the molecule is CN(C)CCOc1ccccc1CNC1=NCCCN1. The van der Waals surface area contributed by atoms with Crippen molar-refractivity contribution < 1.29 is 4.74 Å². The second-order valence-electron chi connectivity index (χ2n) is 5.12. The number of para-hydroxylation sites is 1. The fourth-order valence-electron chi connectivity index (χ4n) is 1.96. The van der Waals surface area contributed by atoms with E-state index in [1.807, 2.05) is 32.3 Å². The van der Waals surface area contributed by atoms with E-state index in [0.29, 0.717) is 6.61 Å². The van der Waals surface area contributed by atoms with E-state index in [-0.39, 0.29) is 0 Å². The summed E-state index contributed by atoms with van der Waals surface area (Å²) in [7, 11) is 4.09. The molecule has 0 saturated heterocycles. The van der Waals surface area contributed by atoms with E-state index in [4.69, 9.17) is 4.74 Å². The van der Waals surface area contributed by atoms with E-state index < -0.39 is 0 Å². The molecule has 1 aromatic rings. The molecule has 0 atom stereocenters. The highest BCUT2D eigenvalue weighted by atomic mass is 16.5. The molecule has 20 heavy (non-hydrogen) atoms. The summed E-state index contributed by atoms with van der Waals surface area (Å²) in [5.74, 6) is 1.83. The number of hydrogen-bond acceptors (Lipinski definition) is 5. The maximum absolute atomic E-state index is 5.85. The minimum absolute atomic E-state index is 0.698. The number of ether oxygens (including phenoxy) is 1. The first-order chi connectivity index (χ1) is 9.75. The second kappa shape index (κ2) is 7.75. The Labute approximate surface area is 121 Å². The fourth-order valence-corrected chi connectivity index (χ4v) is 1.96. The number of aliphatic imine (C=N–C) groups is 1. The van der Waals surface area contributed by atoms with Crippen molar-refractivity contribution >= 4 is 5.96 Å². The topological polar surface area (TPSA) is 48.9 Å². The standard InChI is InChI=1S/C15H24N4O/c1-19(2)10-11-20-14-7-4-3-6-13(14)12-18-15-16-8-5-9-17-15/h3-4,6-7H,5,8-12H2,1-2H3,(H2,16,17,18). The summed E-state index contributed by atoms with van der Waals surface area (Å²) in [6.07, 6.45) is 1.11. The van der Waals surface area contributed by atoms with E-state index in [1.54, 1.807) is 0 Å². The molecule has 1 heterocycles. The largest absolute Gasteiger partial charge is 0.492 e. The minimum atomic E-state index is 0.698. The van der Waals surface area contributed by atoms with Gasteiger partial charge in [0.1, 0.15) is 12.4 Å². The second-order valence-corrected chi connectivity index (χ2v) is 5.12. The predicted molar refractivity (Wildman–Crippen MR) is 82.3 cm³/mol. The molecular weight excluding hydrogens is 252 g/mol. The van der Waals surface area contributed by atoms with Gasteiger partial charge in [-0.25, -0.2) is 0 Å². The van der Waals surface area contributed by atoms with Crippen LogP contribution in [0.25, 0.3) is 0 Å². The van der Waals surface area contributed by atoms with Crippen LogP contribution in [0.4, 0.5) is 0 Å². The quantitative estimate of drug-likeness (QED) is 0.816. The molecule has 1 aliphatic heterocycles. The van der Waals surface area contributed by atoms with Gasteiger partial charge in [-0.2, -0.15) is 0 Å². The van der Waals surface area contributed by atoms with Crippen LogP contribution in [0.15, 0.2) is 29.3 Å². The van der Waals surface area contributed by atoms with Gasteiger partial charge in [0.05, 0.1) is 0 Å². The summed E-state index contributed by atoms with van der Waals surface area (Å²) >= 11 is 0. The Morgan fingerprint density at radius 2 is 2.20 bits per heavy atom. The van der Waals surface area contributed by atoms with Crippen molar-refractivity contribution in [2.45, 2.75) is 13.0 Å². The normalized spacial score (nSPS) is 14.7. The van der Waals surface area contributed by atoms with Crippen LogP contribution in [-0.2, 0) is 6.54 Å². The Morgan fingerprint density at radius 3 is 2.95 bits per heavy atom. The summed E-state index contributed by atoms with van der Waals surface area (Å²) < 4.78 is 5.85. The number of guanidine groups is 1. The van der Waals surface area contributed by atoms with E-state index in [1.165, 1.54) is 0 Å². The molecule has 0 bridgehead atoms. The lowest BCUT2D eigenvalue weighted by atomic mass is 10.2. The number of nitrogens with one attached hydrogen (secondary N) is 2. The van der Waals surface area contributed by atoms with E-state index in [2.05, 4.69) is 26.6 Å². The summed E-state index contributed by atoms with van der Waals surface area (Å²) in [6.45, 7) is 4.23. The van der Waals surface area contributed by atoms with Gasteiger partial charge in [0.15, 0.2) is 5.96 Å². The molecule has 0 fully saturated rings. The summed E-state index contributed by atoms with van der Waals surface area (Å²) in [4.78, 5) is 6.52. The average Bonchev–Trinajstić information content (AvgIpc) is 2.47. The zero-order valence-corrected chi connectivity index (χ0v) is 12.4. The molecule has 0 spiro atoms. The molecule has 5 heteroatoms. The molecule has 2 rings (SSSR count). The van der Waals surface area contributed by atoms with Crippen LogP contribution in [0.3, 0.4) is 0 Å². The van der Waals surface area contributed by atoms with Crippen molar-refractivity contribution in [3.05, 3.63) is 29.8 Å². The van der Waals surface area contributed by atoms with Crippen LogP contribution >= 0.6 is 0 Å². The molecule has 0 amide bonds. The first-order valence-corrected chi connectivity index (χ1v) is 7.13. The van der Waals surface area contributed by atoms with Crippen LogP contribution in [0.5, 0.6) is 5.75 Å². The zero-order chi connectivity index (χ0) is 14.2. The van der Waals surface area contributed by atoms with E-state index in [0.717, 1.165) is 49.9 Å². The van der Waals surface area contributed by atoms with Crippen LogP contribution in [0.2, 0.25) is 0 Å². The summed E-state index contributed by atoms with van der Waals surface area (Å²) in [5.41, 5.74) is 1.15. The zero-order valence-electron chi connectivity index (χ0n) is 12.4. The lowest BCUT2D eigenvalue weighted by molar-refractivity contribution is 0.259. The Morgan fingerprint density at radius 1 is 1.35 bits per heavy atom. The summed E-state index contributed by atoms with van der Waals surface area (Å²) in [6, 6.07) is 8.14. The molecule has 0 saturated carbocycles. The van der Waals surface area contributed by atoms with Crippen LogP contribution in [0.1, 0.15) is 12.0 Å². The minimum Gasteiger partial charge on any atom is -0.492 e. The van der Waals surface area contributed by atoms with Gasteiger partial charge in [-0.1, -0.05) is 18.2 Å². The molecular formula is C15H24N4O. The lowest BCUT2D eigenvalue weighted by Crippen LogP contribution is -2.40. The highest BCUT2D eigenvalue weighted by molar-refractivity contribution is 5.80. The molecule has 5 nitrogen and oxygen atoms in total. The van der Waals surface area contributed by atoms with E-state index in [9.17, 15) is 0 Å². The third-order valence-corrected chi connectivity index (χ3v) is 3.11. The van der Waals surface area contributed by atoms with E-state index >= 15 is 0 Å². The first kappa shape index (κ1) is 14.7. The van der Waals surface area contributed by atoms with Crippen LogP contribution in [-0.4, -0.2) is 51.2 Å². The van der Waals surface area contributed by atoms with Gasteiger partial charge >= 0.3 is 0 Å². The molecule has 0 aromatic heterocycles. The van der Waals surface area contributed by atoms with Crippen LogP contribution in [0, 0.1) is 0 Å². The highest BCUT2D eigenvalue weighted by Gasteiger charge is 2.06. The Kier molecular flexibility index (Phi) is 5.68. The number of hydrogen-bond donors (Lipinski definition) is 2. The van der Waals surface area contributed by atoms with Crippen molar-refractivity contribution in [2.75, 3.05) is 40.3 Å². The van der Waals surface area contributed by atoms with Crippen molar-refractivity contribution in [1.82, 2.24) is 15.5 Å². The number of nitrogens with zero attached hydrogens (tertiary/aromatic N) is 2. The van der Waals surface area contributed by atoms with Gasteiger partial charge in [0.2, 0.25) is 0 Å². The molecule has 1 aliphatic rings.